The third-order valence-corrected chi connectivity index (χ3v) is 2.55. The SMILES string of the molecule is COCCOCn1ccc(=O)c2ccccc21. The normalized spacial score (nSPS) is 10.9. The third kappa shape index (κ3) is 2.72. The zero-order valence-corrected chi connectivity index (χ0v) is 9.76. The number of rotatable bonds is 5. The molecular formula is C13H15NO3. The predicted molar refractivity (Wildman–Crippen MR) is 66.0 cm³/mol. The molecule has 1 heterocycles. The maximum absolute atomic E-state index is 11.6. The summed E-state index contributed by atoms with van der Waals surface area (Å²) in [4.78, 5) is 11.6. The number of fused-ring (bicyclic) bond motifs is 1. The van der Waals surface area contributed by atoms with Crippen LogP contribution in [0.5, 0.6) is 0 Å². The highest BCUT2D eigenvalue weighted by Crippen LogP contribution is 2.09. The molecule has 0 atom stereocenters. The second-order valence-corrected chi connectivity index (χ2v) is 3.70. The van der Waals surface area contributed by atoms with Gasteiger partial charge in [-0.15, -0.1) is 0 Å². The van der Waals surface area contributed by atoms with Crippen LogP contribution in [0.4, 0.5) is 0 Å². The zero-order chi connectivity index (χ0) is 12.1. The molecule has 2 rings (SSSR count). The maximum atomic E-state index is 11.6. The molecule has 0 N–H and O–H groups in total. The lowest BCUT2D eigenvalue weighted by molar-refractivity contribution is 0.0358. The fourth-order valence-corrected chi connectivity index (χ4v) is 1.68. The molecule has 0 saturated carbocycles. The summed E-state index contributed by atoms with van der Waals surface area (Å²) in [7, 11) is 1.64. The van der Waals surface area contributed by atoms with Crippen molar-refractivity contribution >= 4 is 10.9 Å². The van der Waals surface area contributed by atoms with Crippen LogP contribution in [-0.2, 0) is 16.2 Å². The average molecular weight is 233 g/mol. The first-order chi connectivity index (χ1) is 8.33. The first-order valence-corrected chi connectivity index (χ1v) is 5.48. The molecule has 0 aliphatic rings. The van der Waals surface area contributed by atoms with Crippen LogP contribution in [0.25, 0.3) is 10.9 Å². The number of methoxy groups -OCH3 is 1. The first kappa shape index (κ1) is 11.8. The van der Waals surface area contributed by atoms with Crippen LogP contribution in [0.2, 0.25) is 0 Å². The molecule has 1 aromatic heterocycles. The van der Waals surface area contributed by atoms with Gasteiger partial charge in [-0.05, 0) is 12.1 Å². The second-order valence-electron chi connectivity index (χ2n) is 3.70. The minimum atomic E-state index is 0.0359. The molecule has 0 unspecified atom stereocenters. The molecular weight excluding hydrogens is 218 g/mol. The van der Waals surface area contributed by atoms with Crippen molar-refractivity contribution in [3.05, 3.63) is 46.8 Å². The Kier molecular flexibility index (Phi) is 3.90. The summed E-state index contributed by atoms with van der Waals surface area (Å²) >= 11 is 0. The number of ether oxygens (including phenoxy) is 2. The van der Waals surface area contributed by atoms with Gasteiger partial charge >= 0.3 is 0 Å². The van der Waals surface area contributed by atoms with Gasteiger partial charge in [0, 0.05) is 24.8 Å². The highest BCUT2D eigenvalue weighted by molar-refractivity contribution is 5.78. The van der Waals surface area contributed by atoms with Crippen molar-refractivity contribution in [2.45, 2.75) is 6.73 Å². The van der Waals surface area contributed by atoms with E-state index in [1.165, 1.54) is 0 Å². The van der Waals surface area contributed by atoms with E-state index in [4.69, 9.17) is 9.47 Å². The number of para-hydroxylation sites is 1. The van der Waals surface area contributed by atoms with E-state index in [1.54, 1.807) is 19.4 Å². The molecule has 0 radical (unpaired) electrons. The molecule has 2 aromatic rings. The van der Waals surface area contributed by atoms with Gasteiger partial charge in [-0.25, -0.2) is 0 Å². The van der Waals surface area contributed by atoms with Crippen LogP contribution in [-0.4, -0.2) is 24.9 Å². The molecule has 0 amide bonds. The van der Waals surface area contributed by atoms with E-state index < -0.39 is 0 Å². The number of aromatic nitrogens is 1. The van der Waals surface area contributed by atoms with Crippen molar-refractivity contribution in [3.8, 4) is 0 Å². The summed E-state index contributed by atoms with van der Waals surface area (Å²) < 4.78 is 12.3. The largest absolute Gasteiger partial charge is 0.382 e. The van der Waals surface area contributed by atoms with Gasteiger partial charge in [-0.3, -0.25) is 4.79 Å². The van der Waals surface area contributed by atoms with Crippen molar-refractivity contribution < 1.29 is 9.47 Å². The fraction of sp³-hybridized carbons (Fsp3) is 0.308. The second kappa shape index (κ2) is 5.61. The van der Waals surface area contributed by atoms with E-state index in [2.05, 4.69) is 0 Å². The van der Waals surface area contributed by atoms with Gasteiger partial charge in [0.2, 0.25) is 0 Å². The molecule has 0 spiro atoms. The van der Waals surface area contributed by atoms with E-state index in [-0.39, 0.29) is 5.43 Å². The third-order valence-electron chi connectivity index (χ3n) is 2.55. The smallest absolute Gasteiger partial charge is 0.189 e. The molecule has 4 nitrogen and oxygen atoms in total. The van der Waals surface area contributed by atoms with Gasteiger partial charge in [-0.2, -0.15) is 0 Å². The topological polar surface area (TPSA) is 40.5 Å². The Morgan fingerprint density at radius 2 is 2.00 bits per heavy atom. The number of pyridine rings is 1. The Hall–Kier alpha value is -1.65. The molecule has 17 heavy (non-hydrogen) atoms. The lowest BCUT2D eigenvalue weighted by atomic mass is 10.2. The van der Waals surface area contributed by atoms with Crippen molar-refractivity contribution in [2.75, 3.05) is 20.3 Å². The molecule has 0 fully saturated rings. The van der Waals surface area contributed by atoms with E-state index in [0.717, 1.165) is 5.52 Å². The van der Waals surface area contributed by atoms with E-state index in [0.29, 0.717) is 25.3 Å². The lowest BCUT2D eigenvalue weighted by Crippen LogP contribution is -2.11. The van der Waals surface area contributed by atoms with Crippen molar-refractivity contribution in [3.63, 3.8) is 0 Å². The highest BCUT2D eigenvalue weighted by atomic mass is 16.5. The minimum absolute atomic E-state index is 0.0359. The number of benzene rings is 1. The van der Waals surface area contributed by atoms with Gasteiger partial charge in [0.05, 0.1) is 18.7 Å². The molecule has 0 bridgehead atoms. The summed E-state index contributed by atoms with van der Waals surface area (Å²) in [5, 5.41) is 0.713. The summed E-state index contributed by atoms with van der Waals surface area (Å²) in [6.45, 7) is 1.53. The van der Waals surface area contributed by atoms with Gasteiger partial charge in [-0.1, -0.05) is 12.1 Å². The Bertz CT molecular complexity index is 548. The Morgan fingerprint density at radius 3 is 2.82 bits per heavy atom. The van der Waals surface area contributed by atoms with Crippen molar-refractivity contribution in [1.82, 2.24) is 4.57 Å². The highest BCUT2D eigenvalue weighted by Gasteiger charge is 2.01. The molecule has 4 heteroatoms. The van der Waals surface area contributed by atoms with Crippen molar-refractivity contribution in [2.24, 2.45) is 0 Å². The maximum Gasteiger partial charge on any atom is 0.189 e. The number of hydrogen-bond acceptors (Lipinski definition) is 3. The quantitative estimate of drug-likeness (QED) is 0.737. The monoisotopic (exact) mass is 233 g/mol. The molecule has 0 aliphatic heterocycles. The summed E-state index contributed by atoms with van der Waals surface area (Å²) in [6, 6.07) is 9.06. The Morgan fingerprint density at radius 1 is 1.18 bits per heavy atom. The summed E-state index contributed by atoms with van der Waals surface area (Å²) in [5.41, 5.74) is 0.922. The molecule has 0 aliphatic carbocycles. The summed E-state index contributed by atoms with van der Waals surface area (Å²) in [6.07, 6.45) is 1.75. The van der Waals surface area contributed by atoms with Gasteiger partial charge in [0.15, 0.2) is 5.43 Å². The van der Waals surface area contributed by atoms with Crippen LogP contribution in [0.3, 0.4) is 0 Å². The van der Waals surface area contributed by atoms with Crippen molar-refractivity contribution in [1.29, 1.82) is 0 Å². The van der Waals surface area contributed by atoms with E-state index >= 15 is 0 Å². The van der Waals surface area contributed by atoms with Gasteiger partial charge < -0.3 is 14.0 Å². The van der Waals surface area contributed by atoms with Crippen LogP contribution in [0.15, 0.2) is 41.3 Å². The standard InChI is InChI=1S/C13H15NO3/c1-16-8-9-17-10-14-7-6-13(15)11-4-2-3-5-12(11)14/h2-7H,8-10H2,1H3. The fourth-order valence-electron chi connectivity index (χ4n) is 1.68. The van der Waals surface area contributed by atoms with E-state index in [1.807, 2.05) is 28.8 Å². The van der Waals surface area contributed by atoms with Crippen LogP contribution in [0.1, 0.15) is 0 Å². The number of nitrogens with zero attached hydrogens (tertiary/aromatic N) is 1. The van der Waals surface area contributed by atoms with Crippen LogP contribution < -0.4 is 5.43 Å². The lowest BCUT2D eigenvalue weighted by Gasteiger charge is -2.10. The minimum Gasteiger partial charge on any atom is -0.382 e. The van der Waals surface area contributed by atoms with E-state index in [9.17, 15) is 4.79 Å². The predicted octanol–water partition coefficient (Wildman–Crippen LogP) is 1.62. The average Bonchev–Trinajstić information content (AvgIpc) is 2.37. The van der Waals surface area contributed by atoms with Crippen LogP contribution >= 0.6 is 0 Å². The molecule has 0 saturated heterocycles. The van der Waals surface area contributed by atoms with Gasteiger partial charge in [0.1, 0.15) is 6.73 Å². The summed E-state index contributed by atoms with van der Waals surface area (Å²) in [5.74, 6) is 0. The molecule has 1 aromatic carbocycles. The Labute approximate surface area is 99.4 Å². The first-order valence-electron chi connectivity index (χ1n) is 5.48. The number of hydrogen-bond donors (Lipinski definition) is 0. The Balaban J connectivity index is 2.23. The van der Waals surface area contributed by atoms with Crippen LogP contribution in [0, 0.1) is 0 Å². The van der Waals surface area contributed by atoms with Gasteiger partial charge in [0.25, 0.3) is 0 Å². The zero-order valence-electron chi connectivity index (χ0n) is 9.76. The molecule has 90 valence electrons.